The Morgan fingerprint density at radius 3 is 1.65 bits per heavy atom. The number of benzene rings is 3. The summed E-state index contributed by atoms with van der Waals surface area (Å²) >= 11 is 0. The molecule has 0 aliphatic heterocycles. The van der Waals surface area contributed by atoms with E-state index in [9.17, 15) is 10.2 Å². The summed E-state index contributed by atoms with van der Waals surface area (Å²) in [5.41, 5.74) is 0.163. The van der Waals surface area contributed by atoms with Crippen LogP contribution in [0, 0.1) is 0 Å². The van der Waals surface area contributed by atoms with Crippen LogP contribution in [0.4, 0.5) is 0 Å². The van der Waals surface area contributed by atoms with Crippen LogP contribution in [0.2, 0.25) is 0 Å². The molecule has 2 N–H and O–H groups in total. The summed E-state index contributed by atoms with van der Waals surface area (Å²) in [6, 6.07) is 23.2. The second kappa shape index (κ2) is 7.60. The number of aliphatic hydroxyl groups is 2. The molecule has 0 aliphatic rings. The molecular formula is C22H22O4. The van der Waals surface area contributed by atoms with E-state index in [1.165, 1.54) is 0 Å². The Kier molecular flexibility index (Phi) is 5.26. The van der Waals surface area contributed by atoms with Crippen LogP contribution in [0.3, 0.4) is 0 Å². The van der Waals surface area contributed by atoms with Gasteiger partial charge in [-0.25, -0.2) is 0 Å². The van der Waals surface area contributed by atoms with Gasteiger partial charge in [0.15, 0.2) is 0 Å². The minimum atomic E-state index is -1.61. The molecule has 0 amide bonds. The molecule has 2 atom stereocenters. The fourth-order valence-corrected chi connectivity index (χ4v) is 3.05. The molecule has 3 aromatic carbocycles. The van der Waals surface area contributed by atoms with Crippen molar-refractivity contribution in [1.29, 1.82) is 0 Å². The summed E-state index contributed by atoms with van der Waals surface area (Å²) in [4.78, 5) is 0. The molecule has 4 nitrogen and oxygen atoms in total. The van der Waals surface area contributed by atoms with E-state index in [2.05, 4.69) is 0 Å². The van der Waals surface area contributed by atoms with E-state index in [0.717, 1.165) is 0 Å². The van der Waals surface area contributed by atoms with Crippen LogP contribution in [0.15, 0.2) is 78.9 Å². The lowest BCUT2D eigenvalue weighted by Crippen LogP contribution is -2.35. The van der Waals surface area contributed by atoms with Gasteiger partial charge in [0.1, 0.15) is 23.2 Å². The summed E-state index contributed by atoms with van der Waals surface area (Å²) in [6.07, 6.45) is -1.16. The molecule has 3 aromatic rings. The van der Waals surface area contributed by atoms with E-state index in [1.54, 1.807) is 74.9 Å². The van der Waals surface area contributed by atoms with E-state index >= 15 is 0 Å². The second-order valence-corrected chi connectivity index (χ2v) is 6.04. The monoisotopic (exact) mass is 350 g/mol. The molecule has 0 aromatic heterocycles. The molecule has 4 heteroatoms. The average Bonchev–Trinajstić information content (AvgIpc) is 2.73. The van der Waals surface area contributed by atoms with Gasteiger partial charge in [-0.05, 0) is 41.0 Å². The molecule has 0 spiro atoms. The molecule has 134 valence electrons. The van der Waals surface area contributed by atoms with E-state index in [4.69, 9.17) is 9.47 Å². The van der Waals surface area contributed by atoms with Gasteiger partial charge < -0.3 is 19.7 Å². The summed E-state index contributed by atoms with van der Waals surface area (Å²) in [5, 5.41) is 22.8. The highest BCUT2D eigenvalue weighted by Crippen LogP contribution is 2.41. The average molecular weight is 350 g/mol. The van der Waals surface area contributed by atoms with Gasteiger partial charge in [-0.2, -0.15) is 0 Å². The highest BCUT2D eigenvalue weighted by molar-refractivity contribution is 5.43. The van der Waals surface area contributed by atoms with Crippen LogP contribution in [-0.4, -0.2) is 24.4 Å². The fraction of sp³-hybridized carbons (Fsp3) is 0.182. The summed E-state index contributed by atoms with van der Waals surface area (Å²) in [6.45, 7) is 0. The standard InChI is InChI=1S/C22H22O4/c1-25-19-12-8-16(9-13-19)21(23)22(24,17-6-4-3-5-7-17)18-10-14-20(26-2)15-11-18/h3-15,21,23-24H,1-2H3/t21-,22-/m0/s1. The molecule has 3 rings (SSSR count). The Bertz CT molecular complexity index is 828. The Labute approximate surface area is 153 Å². The van der Waals surface area contributed by atoms with Gasteiger partial charge in [0.2, 0.25) is 0 Å². The maximum absolute atomic E-state index is 11.6. The van der Waals surface area contributed by atoms with Crippen molar-refractivity contribution >= 4 is 0 Å². The molecule has 0 radical (unpaired) electrons. The van der Waals surface area contributed by atoms with E-state index in [1.807, 2.05) is 18.2 Å². The van der Waals surface area contributed by atoms with Gasteiger partial charge in [-0.1, -0.05) is 54.6 Å². The van der Waals surface area contributed by atoms with Crippen LogP contribution >= 0.6 is 0 Å². The normalized spacial score (nSPS) is 14.3. The molecule has 26 heavy (non-hydrogen) atoms. The maximum atomic E-state index is 11.6. The Hall–Kier alpha value is -2.82. The van der Waals surface area contributed by atoms with Crippen molar-refractivity contribution in [3.8, 4) is 11.5 Å². The van der Waals surface area contributed by atoms with Crippen LogP contribution in [0.25, 0.3) is 0 Å². The highest BCUT2D eigenvalue weighted by atomic mass is 16.5. The predicted molar refractivity (Wildman–Crippen MR) is 100 cm³/mol. The lowest BCUT2D eigenvalue weighted by atomic mass is 9.79. The van der Waals surface area contributed by atoms with E-state index < -0.39 is 11.7 Å². The number of methoxy groups -OCH3 is 2. The first kappa shape index (κ1) is 18.0. The first-order chi connectivity index (χ1) is 12.6. The van der Waals surface area contributed by atoms with Crippen molar-refractivity contribution in [1.82, 2.24) is 0 Å². The number of aliphatic hydroxyl groups excluding tert-OH is 1. The molecule has 0 aliphatic carbocycles. The number of rotatable bonds is 6. The lowest BCUT2D eigenvalue weighted by Gasteiger charge is -2.34. The van der Waals surface area contributed by atoms with Crippen molar-refractivity contribution in [3.63, 3.8) is 0 Å². The van der Waals surface area contributed by atoms with Gasteiger partial charge in [-0.3, -0.25) is 0 Å². The van der Waals surface area contributed by atoms with Gasteiger partial charge in [0, 0.05) is 0 Å². The fourth-order valence-electron chi connectivity index (χ4n) is 3.05. The van der Waals surface area contributed by atoms with Gasteiger partial charge in [-0.15, -0.1) is 0 Å². The topological polar surface area (TPSA) is 58.9 Å². The lowest BCUT2D eigenvalue weighted by molar-refractivity contribution is -0.0518. The van der Waals surface area contributed by atoms with Crippen LogP contribution in [0.5, 0.6) is 11.5 Å². The zero-order valence-electron chi connectivity index (χ0n) is 14.8. The van der Waals surface area contributed by atoms with Crippen LogP contribution in [0.1, 0.15) is 22.8 Å². The van der Waals surface area contributed by atoms with Crippen LogP contribution < -0.4 is 9.47 Å². The Morgan fingerprint density at radius 2 is 1.15 bits per heavy atom. The smallest absolute Gasteiger partial charge is 0.145 e. The maximum Gasteiger partial charge on any atom is 0.145 e. The quantitative estimate of drug-likeness (QED) is 0.712. The van der Waals surface area contributed by atoms with Gasteiger partial charge in [0.05, 0.1) is 14.2 Å². The van der Waals surface area contributed by atoms with Crippen molar-refractivity contribution in [2.75, 3.05) is 14.2 Å². The number of ether oxygens (including phenoxy) is 2. The molecule has 0 fully saturated rings. The molecule has 0 unspecified atom stereocenters. The summed E-state index contributed by atoms with van der Waals surface area (Å²) < 4.78 is 10.4. The van der Waals surface area contributed by atoms with Crippen molar-refractivity contribution in [2.24, 2.45) is 0 Å². The first-order valence-electron chi connectivity index (χ1n) is 8.34. The zero-order chi connectivity index (χ0) is 18.6. The minimum absolute atomic E-state index is 0.577. The van der Waals surface area contributed by atoms with Crippen LogP contribution in [-0.2, 0) is 5.60 Å². The first-order valence-corrected chi connectivity index (χ1v) is 8.34. The zero-order valence-corrected chi connectivity index (χ0v) is 14.8. The van der Waals surface area contributed by atoms with Gasteiger partial charge in [0.25, 0.3) is 0 Å². The third-order valence-electron chi connectivity index (χ3n) is 4.57. The summed E-state index contributed by atoms with van der Waals surface area (Å²) in [5.74, 6) is 1.37. The number of hydrogen-bond donors (Lipinski definition) is 2. The third kappa shape index (κ3) is 3.29. The third-order valence-corrected chi connectivity index (χ3v) is 4.57. The highest BCUT2D eigenvalue weighted by Gasteiger charge is 2.40. The molecule has 0 saturated carbocycles. The minimum Gasteiger partial charge on any atom is -0.497 e. The van der Waals surface area contributed by atoms with Gasteiger partial charge >= 0.3 is 0 Å². The van der Waals surface area contributed by atoms with Crippen molar-refractivity contribution < 1.29 is 19.7 Å². The van der Waals surface area contributed by atoms with E-state index in [-0.39, 0.29) is 0 Å². The predicted octanol–water partition coefficient (Wildman–Crippen LogP) is 3.67. The van der Waals surface area contributed by atoms with E-state index in [0.29, 0.717) is 28.2 Å². The Morgan fingerprint density at radius 1 is 0.692 bits per heavy atom. The Balaban J connectivity index is 2.10. The largest absolute Gasteiger partial charge is 0.497 e. The molecule has 0 heterocycles. The summed E-state index contributed by atoms with van der Waals surface area (Å²) in [7, 11) is 3.17. The second-order valence-electron chi connectivity index (χ2n) is 6.04. The molecular weight excluding hydrogens is 328 g/mol. The van der Waals surface area contributed by atoms with Crippen molar-refractivity contribution in [3.05, 3.63) is 95.6 Å². The van der Waals surface area contributed by atoms with Crippen molar-refractivity contribution in [2.45, 2.75) is 11.7 Å². The molecule has 0 saturated heterocycles. The molecule has 0 bridgehead atoms. The number of hydrogen-bond acceptors (Lipinski definition) is 4. The SMILES string of the molecule is COc1ccc([C@H](O)[C@](O)(c2ccccc2)c2ccc(OC)cc2)cc1.